The first-order chi connectivity index (χ1) is 12.1. The number of alkyl halides is 3. The van der Waals surface area contributed by atoms with Gasteiger partial charge in [-0.15, -0.1) is 0 Å². The highest BCUT2D eigenvalue weighted by molar-refractivity contribution is 5.97. The van der Waals surface area contributed by atoms with Crippen LogP contribution in [0.1, 0.15) is 36.3 Å². The third-order valence-electron chi connectivity index (χ3n) is 4.02. The standard InChI is InChI=1S/C17H18F3N3O3/c1-3-10(2)14(16(25)26)21-15(24)11-5-4-6-12(9-11)23-8-7-13(22-23)17(18,19)20/h4-10,14H,3H2,1-2H3,(H,21,24)(H,25,26). The van der Waals surface area contributed by atoms with E-state index in [4.69, 9.17) is 0 Å². The van der Waals surface area contributed by atoms with Gasteiger partial charge in [0.25, 0.3) is 5.91 Å². The van der Waals surface area contributed by atoms with Crippen molar-refractivity contribution in [1.82, 2.24) is 15.1 Å². The first-order valence-electron chi connectivity index (χ1n) is 7.90. The number of hydrogen-bond donors (Lipinski definition) is 2. The molecule has 0 bridgehead atoms. The molecule has 0 fully saturated rings. The second-order valence-electron chi connectivity index (χ2n) is 5.87. The molecule has 0 spiro atoms. The minimum atomic E-state index is -4.56. The zero-order valence-corrected chi connectivity index (χ0v) is 14.1. The van der Waals surface area contributed by atoms with Gasteiger partial charge in [-0.05, 0) is 30.2 Å². The molecule has 140 valence electrons. The molecule has 2 N–H and O–H groups in total. The average Bonchev–Trinajstić information content (AvgIpc) is 3.09. The fourth-order valence-electron chi connectivity index (χ4n) is 2.32. The number of carbonyl (C=O) groups excluding carboxylic acids is 1. The number of nitrogens with zero attached hydrogens (tertiary/aromatic N) is 2. The first kappa shape index (κ1) is 19.5. The summed E-state index contributed by atoms with van der Waals surface area (Å²) in [5, 5.41) is 15.1. The lowest BCUT2D eigenvalue weighted by Gasteiger charge is -2.20. The summed E-state index contributed by atoms with van der Waals surface area (Å²) in [6.45, 7) is 3.52. The van der Waals surface area contributed by atoms with E-state index in [0.29, 0.717) is 6.42 Å². The van der Waals surface area contributed by atoms with Gasteiger partial charge in [0.15, 0.2) is 5.69 Å². The molecule has 0 saturated carbocycles. The van der Waals surface area contributed by atoms with Crippen molar-refractivity contribution < 1.29 is 27.9 Å². The quantitative estimate of drug-likeness (QED) is 0.819. The molecule has 2 aromatic rings. The van der Waals surface area contributed by atoms with E-state index >= 15 is 0 Å². The Morgan fingerprint density at radius 1 is 1.31 bits per heavy atom. The molecule has 2 unspecified atom stereocenters. The van der Waals surface area contributed by atoms with Gasteiger partial charge in [0.2, 0.25) is 0 Å². The highest BCUT2D eigenvalue weighted by atomic mass is 19.4. The monoisotopic (exact) mass is 369 g/mol. The first-order valence-corrected chi connectivity index (χ1v) is 7.90. The minimum absolute atomic E-state index is 0.126. The number of aliphatic carboxylic acids is 1. The summed E-state index contributed by atoms with van der Waals surface area (Å²) < 4.78 is 39.0. The molecule has 1 heterocycles. The smallest absolute Gasteiger partial charge is 0.435 e. The SMILES string of the molecule is CCC(C)C(NC(=O)c1cccc(-n2ccc(C(F)(F)F)n2)c1)C(=O)O. The highest BCUT2D eigenvalue weighted by Gasteiger charge is 2.33. The van der Waals surface area contributed by atoms with Gasteiger partial charge in [-0.2, -0.15) is 18.3 Å². The number of hydrogen-bond acceptors (Lipinski definition) is 3. The number of aromatic nitrogens is 2. The van der Waals surface area contributed by atoms with Crippen LogP contribution in [0, 0.1) is 5.92 Å². The molecular formula is C17H18F3N3O3. The number of amides is 1. The zero-order valence-electron chi connectivity index (χ0n) is 14.1. The highest BCUT2D eigenvalue weighted by Crippen LogP contribution is 2.28. The van der Waals surface area contributed by atoms with E-state index in [1.54, 1.807) is 6.92 Å². The number of carbonyl (C=O) groups is 2. The fourth-order valence-corrected chi connectivity index (χ4v) is 2.32. The van der Waals surface area contributed by atoms with Crippen LogP contribution in [0.25, 0.3) is 5.69 Å². The Labute approximate surface area is 147 Å². The van der Waals surface area contributed by atoms with Crippen molar-refractivity contribution in [2.24, 2.45) is 5.92 Å². The van der Waals surface area contributed by atoms with Crippen LogP contribution in [0.2, 0.25) is 0 Å². The maximum absolute atomic E-state index is 12.7. The Morgan fingerprint density at radius 3 is 2.54 bits per heavy atom. The van der Waals surface area contributed by atoms with E-state index in [-0.39, 0.29) is 17.2 Å². The molecule has 0 saturated heterocycles. The minimum Gasteiger partial charge on any atom is -0.480 e. The summed E-state index contributed by atoms with van der Waals surface area (Å²) in [6, 6.07) is 5.54. The molecule has 26 heavy (non-hydrogen) atoms. The summed E-state index contributed by atoms with van der Waals surface area (Å²) in [5.74, 6) is -2.05. The van der Waals surface area contributed by atoms with Gasteiger partial charge in [-0.25, -0.2) is 9.48 Å². The van der Waals surface area contributed by atoms with E-state index < -0.39 is 29.8 Å². The van der Waals surface area contributed by atoms with Crippen molar-refractivity contribution in [2.75, 3.05) is 0 Å². The number of nitrogens with one attached hydrogen (secondary N) is 1. The molecule has 1 amide bonds. The van der Waals surface area contributed by atoms with Gasteiger partial charge in [-0.3, -0.25) is 4.79 Å². The predicted molar refractivity (Wildman–Crippen MR) is 86.9 cm³/mol. The molecule has 0 aliphatic carbocycles. The van der Waals surface area contributed by atoms with Gasteiger partial charge in [0.05, 0.1) is 5.69 Å². The van der Waals surface area contributed by atoms with Crippen molar-refractivity contribution in [2.45, 2.75) is 32.5 Å². The van der Waals surface area contributed by atoms with Crippen molar-refractivity contribution in [3.63, 3.8) is 0 Å². The van der Waals surface area contributed by atoms with E-state index in [2.05, 4.69) is 10.4 Å². The van der Waals surface area contributed by atoms with E-state index in [1.165, 1.54) is 24.3 Å². The predicted octanol–water partition coefficient (Wildman–Crippen LogP) is 3.12. The van der Waals surface area contributed by atoms with Crippen LogP contribution in [0.4, 0.5) is 13.2 Å². The molecule has 2 rings (SSSR count). The van der Waals surface area contributed by atoms with Crippen LogP contribution >= 0.6 is 0 Å². The summed E-state index contributed by atoms with van der Waals surface area (Å²) in [7, 11) is 0. The maximum atomic E-state index is 12.7. The maximum Gasteiger partial charge on any atom is 0.435 e. The topological polar surface area (TPSA) is 84.2 Å². The molecule has 2 atom stereocenters. The van der Waals surface area contributed by atoms with Crippen molar-refractivity contribution in [3.8, 4) is 5.69 Å². The number of carboxylic acid groups (broad SMARTS) is 1. The van der Waals surface area contributed by atoms with Crippen molar-refractivity contribution in [3.05, 3.63) is 47.8 Å². The normalized spacial score (nSPS) is 13.9. The Morgan fingerprint density at radius 2 is 2.00 bits per heavy atom. The zero-order chi connectivity index (χ0) is 19.5. The lowest BCUT2D eigenvalue weighted by Crippen LogP contribution is -2.45. The Hall–Kier alpha value is -2.84. The Bertz CT molecular complexity index is 802. The van der Waals surface area contributed by atoms with Gasteiger partial charge in [0, 0.05) is 11.8 Å². The molecule has 9 heteroatoms. The lowest BCUT2D eigenvalue weighted by molar-refractivity contribution is -0.141. The number of carboxylic acids is 1. The third-order valence-corrected chi connectivity index (χ3v) is 4.02. The Kier molecular flexibility index (Phi) is 5.69. The van der Waals surface area contributed by atoms with Crippen LogP contribution < -0.4 is 5.32 Å². The van der Waals surface area contributed by atoms with Gasteiger partial charge < -0.3 is 10.4 Å². The van der Waals surface area contributed by atoms with E-state index in [1.807, 2.05) is 6.92 Å². The molecule has 1 aromatic heterocycles. The molecule has 0 radical (unpaired) electrons. The molecule has 6 nitrogen and oxygen atoms in total. The van der Waals surface area contributed by atoms with Crippen LogP contribution in [0.15, 0.2) is 36.5 Å². The van der Waals surface area contributed by atoms with Crippen LogP contribution in [-0.2, 0) is 11.0 Å². The van der Waals surface area contributed by atoms with E-state index in [9.17, 15) is 27.9 Å². The number of halogens is 3. The van der Waals surface area contributed by atoms with Gasteiger partial charge in [0.1, 0.15) is 6.04 Å². The number of rotatable bonds is 6. The Balaban J connectivity index is 2.24. The van der Waals surface area contributed by atoms with E-state index in [0.717, 1.165) is 16.9 Å². The van der Waals surface area contributed by atoms with Crippen molar-refractivity contribution >= 4 is 11.9 Å². The molecule has 1 aromatic carbocycles. The summed E-state index contributed by atoms with van der Waals surface area (Å²) >= 11 is 0. The largest absolute Gasteiger partial charge is 0.480 e. The summed E-state index contributed by atoms with van der Waals surface area (Å²) in [5.41, 5.74) is -0.667. The van der Waals surface area contributed by atoms with Crippen molar-refractivity contribution in [1.29, 1.82) is 0 Å². The second-order valence-corrected chi connectivity index (χ2v) is 5.87. The average molecular weight is 369 g/mol. The third kappa shape index (κ3) is 4.41. The fraction of sp³-hybridized carbons (Fsp3) is 0.353. The van der Waals surface area contributed by atoms with Crippen LogP contribution in [0.3, 0.4) is 0 Å². The van der Waals surface area contributed by atoms with Gasteiger partial charge >= 0.3 is 12.1 Å². The summed E-state index contributed by atoms with van der Waals surface area (Å²) in [6.07, 6.45) is -2.87. The molecule has 0 aliphatic heterocycles. The van der Waals surface area contributed by atoms with Gasteiger partial charge in [-0.1, -0.05) is 26.3 Å². The van der Waals surface area contributed by atoms with Crippen LogP contribution in [-0.4, -0.2) is 32.8 Å². The molecule has 0 aliphatic rings. The van der Waals surface area contributed by atoms with Crippen LogP contribution in [0.5, 0.6) is 0 Å². The number of benzene rings is 1. The lowest BCUT2D eigenvalue weighted by atomic mass is 9.99. The second kappa shape index (κ2) is 7.59. The summed E-state index contributed by atoms with van der Waals surface area (Å²) in [4.78, 5) is 23.7. The molecular weight excluding hydrogens is 351 g/mol.